The van der Waals surface area contributed by atoms with Gasteiger partial charge in [-0.15, -0.1) is 0 Å². The summed E-state index contributed by atoms with van der Waals surface area (Å²) < 4.78 is 13.5. The van der Waals surface area contributed by atoms with E-state index in [1.165, 1.54) is 12.5 Å². The Morgan fingerprint density at radius 1 is 1.50 bits per heavy atom. The number of piperidine rings is 1. The van der Waals surface area contributed by atoms with Gasteiger partial charge in [0.15, 0.2) is 0 Å². The summed E-state index contributed by atoms with van der Waals surface area (Å²) in [5.74, 6) is -0.320. The molecule has 1 aliphatic heterocycles. The fourth-order valence-corrected chi connectivity index (χ4v) is 2.87. The van der Waals surface area contributed by atoms with Gasteiger partial charge in [0.1, 0.15) is 5.82 Å². The molecule has 0 bridgehead atoms. The molecule has 1 saturated heterocycles. The highest BCUT2D eigenvalue weighted by Crippen LogP contribution is 2.23. The lowest BCUT2D eigenvalue weighted by Gasteiger charge is -2.35. The van der Waals surface area contributed by atoms with Crippen molar-refractivity contribution in [3.8, 4) is 0 Å². The van der Waals surface area contributed by atoms with E-state index in [-0.39, 0.29) is 11.7 Å². The van der Waals surface area contributed by atoms with Crippen LogP contribution in [0.1, 0.15) is 43.0 Å². The zero-order chi connectivity index (χ0) is 13.1. The third kappa shape index (κ3) is 2.74. The molecule has 0 N–H and O–H groups in total. The number of rotatable bonds is 2. The van der Waals surface area contributed by atoms with Gasteiger partial charge in [-0.3, -0.25) is 4.79 Å². The summed E-state index contributed by atoms with van der Waals surface area (Å²) in [6, 6.07) is 4.79. The van der Waals surface area contributed by atoms with Gasteiger partial charge >= 0.3 is 0 Å². The van der Waals surface area contributed by atoms with Crippen LogP contribution in [-0.4, -0.2) is 23.4 Å². The Hall–Kier alpha value is -0.900. The number of amides is 1. The van der Waals surface area contributed by atoms with Crippen molar-refractivity contribution in [2.24, 2.45) is 0 Å². The zero-order valence-corrected chi connectivity index (χ0v) is 12.0. The first-order valence-electron chi connectivity index (χ1n) is 6.39. The highest BCUT2D eigenvalue weighted by Gasteiger charge is 2.26. The molecule has 1 aromatic rings. The van der Waals surface area contributed by atoms with Crippen molar-refractivity contribution < 1.29 is 9.18 Å². The smallest absolute Gasteiger partial charge is 0.254 e. The minimum Gasteiger partial charge on any atom is -0.336 e. The van der Waals surface area contributed by atoms with Crippen molar-refractivity contribution in [3.05, 3.63) is 34.1 Å². The standard InChI is InChI=1S/C14H17BrFNO/c1-2-11-5-3-4-8-17(11)14(18)10-6-7-13(16)12(15)9-10/h6-7,9,11H,2-5,8H2,1H3. The Morgan fingerprint density at radius 2 is 2.28 bits per heavy atom. The number of nitrogens with zero attached hydrogens (tertiary/aromatic N) is 1. The van der Waals surface area contributed by atoms with Crippen molar-refractivity contribution in [1.82, 2.24) is 4.90 Å². The van der Waals surface area contributed by atoms with Gasteiger partial charge in [0.05, 0.1) is 4.47 Å². The number of carbonyl (C=O) groups excluding carboxylic acids is 1. The van der Waals surface area contributed by atoms with E-state index in [1.807, 2.05) is 4.90 Å². The lowest BCUT2D eigenvalue weighted by molar-refractivity contribution is 0.0608. The largest absolute Gasteiger partial charge is 0.336 e. The molecule has 0 radical (unpaired) electrons. The highest BCUT2D eigenvalue weighted by atomic mass is 79.9. The molecule has 1 atom stereocenters. The first-order valence-corrected chi connectivity index (χ1v) is 7.18. The first-order chi connectivity index (χ1) is 8.63. The molecule has 1 amide bonds. The molecule has 0 aliphatic carbocycles. The Labute approximate surface area is 115 Å². The topological polar surface area (TPSA) is 20.3 Å². The summed E-state index contributed by atoms with van der Waals surface area (Å²) in [7, 11) is 0. The van der Waals surface area contributed by atoms with Crippen molar-refractivity contribution in [1.29, 1.82) is 0 Å². The van der Waals surface area contributed by atoms with Crippen molar-refractivity contribution in [3.63, 3.8) is 0 Å². The molecule has 98 valence electrons. The van der Waals surface area contributed by atoms with E-state index in [9.17, 15) is 9.18 Å². The van der Waals surface area contributed by atoms with Gasteiger partial charge < -0.3 is 4.90 Å². The Bertz CT molecular complexity index is 449. The molecular formula is C14H17BrFNO. The molecule has 1 aliphatic rings. The van der Waals surface area contributed by atoms with Crippen molar-refractivity contribution in [2.75, 3.05) is 6.54 Å². The van der Waals surface area contributed by atoms with Crippen LogP contribution in [-0.2, 0) is 0 Å². The van der Waals surface area contributed by atoms with Crippen LogP contribution in [0.15, 0.2) is 22.7 Å². The molecule has 1 aromatic carbocycles. The molecule has 0 aromatic heterocycles. The molecule has 1 fully saturated rings. The minimum atomic E-state index is -0.336. The predicted octanol–water partition coefficient (Wildman–Crippen LogP) is 3.99. The van der Waals surface area contributed by atoms with Gasteiger partial charge in [0, 0.05) is 18.2 Å². The molecule has 18 heavy (non-hydrogen) atoms. The van der Waals surface area contributed by atoms with Crippen LogP contribution < -0.4 is 0 Å². The van der Waals surface area contributed by atoms with Crippen LogP contribution in [0, 0.1) is 5.82 Å². The van der Waals surface area contributed by atoms with E-state index < -0.39 is 0 Å². The van der Waals surface area contributed by atoms with Crippen LogP contribution in [0.5, 0.6) is 0 Å². The maximum atomic E-state index is 13.2. The van der Waals surface area contributed by atoms with Crippen LogP contribution in [0.25, 0.3) is 0 Å². The predicted molar refractivity (Wildman–Crippen MR) is 73.1 cm³/mol. The molecule has 0 saturated carbocycles. The second-order valence-corrected chi connectivity index (χ2v) is 5.54. The van der Waals surface area contributed by atoms with E-state index in [0.29, 0.717) is 16.1 Å². The number of likely N-dealkylation sites (tertiary alicyclic amines) is 1. The van der Waals surface area contributed by atoms with Gasteiger partial charge in [-0.1, -0.05) is 6.92 Å². The second-order valence-electron chi connectivity index (χ2n) is 4.69. The van der Waals surface area contributed by atoms with Crippen molar-refractivity contribution in [2.45, 2.75) is 38.6 Å². The lowest BCUT2D eigenvalue weighted by Crippen LogP contribution is -2.43. The van der Waals surface area contributed by atoms with Crippen LogP contribution in [0.3, 0.4) is 0 Å². The van der Waals surface area contributed by atoms with Crippen LogP contribution in [0.4, 0.5) is 4.39 Å². The third-order valence-electron chi connectivity index (χ3n) is 3.53. The first kappa shape index (κ1) is 13.5. The van der Waals surface area contributed by atoms with E-state index in [1.54, 1.807) is 12.1 Å². The quantitative estimate of drug-likeness (QED) is 0.808. The van der Waals surface area contributed by atoms with Gasteiger partial charge in [-0.25, -0.2) is 4.39 Å². The van der Waals surface area contributed by atoms with Crippen LogP contribution in [0.2, 0.25) is 0 Å². The van der Waals surface area contributed by atoms with E-state index in [0.717, 1.165) is 25.8 Å². The summed E-state index contributed by atoms with van der Waals surface area (Å²) in [5, 5.41) is 0. The van der Waals surface area contributed by atoms with Gasteiger partial charge in [-0.05, 0) is 59.8 Å². The Morgan fingerprint density at radius 3 is 2.94 bits per heavy atom. The fourth-order valence-electron chi connectivity index (χ4n) is 2.49. The molecular weight excluding hydrogens is 297 g/mol. The molecule has 2 rings (SSSR count). The number of benzene rings is 1. The number of halogens is 2. The minimum absolute atomic E-state index is 0.0160. The third-order valence-corrected chi connectivity index (χ3v) is 4.13. The Kier molecular flexibility index (Phi) is 4.38. The number of hydrogen-bond acceptors (Lipinski definition) is 1. The van der Waals surface area contributed by atoms with Crippen LogP contribution >= 0.6 is 15.9 Å². The van der Waals surface area contributed by atoms with Gasteiger partial charge in [0.2, 0.25) is 0 Å². The summed E-state index contributed by atoms with van der Waals surface area (Å²) >= 11 is 3.12. The summed E-state index contributed by atoms with van der Waals surface area (Å²) in [5.41, 5.74) is 0.559. The molecule has 1 heterocycles. The summed E-state index contributed by atoms with van der Waals surface area (Å²) in [6.07, 6.45) is 4.30. The fraction of sp³-hybridized carbons (Fsp3) is 0.500. The number of carbonyl (C=O) groups is 1. The molecule has 2 nitrogen and oxygen atoms in total. The van der Waals surface area contributed by atoms with Gasteiger partial charge in [0.25, 0.3) is 5.91 Å². The highest BCUT2D eigenvalue weighted by molar-refractivity contribution is 9.10. The van der Waals surface area contributed by atoms with E-state index in [2.05, 4.69) is 22.9 Å². The maximum Gasteiger partial charge on any atom is 0.254 e. The average molecular weight is 314 g/mol. The van der Waals surface area contributed by atoms with E-state index in [4.69, 9.17) is 0 Å². The number of hydrogen-bond donors (Lipinski definition) is 0. The SMILES string of the molecule is CCC1CCCCN1C(=O)c1ccc(F)c(Br)c1. The second kappa shape index (κ2) is 5.83. The molecule has 0 spiro atoms. The summed E-state index contributed by atoms with van der Waals surface area (Å²) in [6.45, 7) is 2.92. The zero-order valence-electron chi connectivity index (χ0n) is 10.5. The molecule has 1 unspecified atom stereocenters. The Balaban J connectivity index is 2.21. The normalized spacial score (nSPS) is 19.9. The lowest BCUT2D eigenvalue weighted by atomic mass is 9.99. The molecule has 4 heteroatoms. The average Bonchev–Trinajstić information content (AvgIpc) is 2.41. The summed E-state index contributed by atoms with van der Waals surface area (Å²) in [4.78, 5) is 14.3. The van der Waals surface area contributed by atoms with Gasteiger partial charge in [-0.2, -0.15) is 0 Å². The van der Waals surface area contributed by atoms with E-state index >= 15 is 0 Å². The monoisotopic (exact) mass is 313 g/mol. The van der Waals surface area contributed by atoms with Crippen molar-refractivity contribution >= 4 is 21.8 Å². The maximum absolute atomic E-state index is 13.2.